The van der Waals surface area contributed by atoms with Crippen LogP contribution in [0, 0.1) is 6.92 Å². The number of piperidine rings is 1. The third-order valence-corrected chi connectivity index (χ3v) is 5.24. The van der Waals surface area contributed by atoms with Gasteiger partial charge in [-0.2, -0.15) is 0 Å². The van der Waals surface area contributed by atoms with Crippen LogP contribution in [0.5, 0.6) is 5.75 Å². The third-order valence-electron chi connectivity index (χ3n) is 5.02. The number of anilines is 1. The number of pyridine rings is 1. The number of benzene rings is 1. The average Bonchev–Trinajstić information content (AvgIpc) is 2.62. The highest BCUT2D eigenvalue weighted by Crippen LogP contribution is 2.38. The molecular formula is C20H22ClN5O. The van der Waals surface area contributed by atoms with Crippen LogP contribution < -0.4 is 5.32 Å². The molecule has 0 spiro atoms. The molecule has 1 aliphatic heterocycles. The van der Waals surface area contributed by atoms with Crippen LogP contribution in [0.4, 0.5) is 5.82 Å². The summed E-state index contributed by atoms with van der Waals surface area (Å²) in [6.07, 6.45) is 4.00. The van der Waals surface area contributed by atoms with Crippen molar-refractivity contribution in [2.75, 3.05) is 25.5 Å². The van der Waals surface area contributed by atoms with Crippen molar-refractivity contribution in [1.82, 2.24) is 20.1 Å². The molecule has 0 amide bonds. The summed E-state index contributed by atoms with van der Waals surface area (Å²) in [5, 5.41) is 24.2. The van der Waals surface area contributed by atoms with Crippen LogP contribution in [0.15, 0.2) is 30.5 Å². The van der Waals surface area contributed by atoms with E-state index in [4.69, 9.17) is 11.6 Å². The van der Waals surface area contributed by atoms with Gasteiger partial charge in [-0.05, 0) is 63.2 Å². The summed E-state index contributed by atoms with van der Waals surface area (Å²) in [5.41, 5.74) is 2.84. The van der Waals surface area contributed by atoms with Gasteiger partial charge in [0.2, 0.25) is 0 Å². The fraction of sp³-hybridized carbons (Fsp3) is 0.350. The minimum Gasteiger partial charge on any atom is -0.507 e. The predicted molar refractivity (Wildman–Crippen MR) is 108 cm³/mol. The second-order valence-corrected chi connectivity index (χ2v) is 7.60. The van der Waals surface area contributed by atoms with Crippen LogP contribution in [0.1, 0.15) is 18.4 Å². The number of hydrogen-bond donors (Lipinski definition) is 2. The Morgan fingerprint density at radius 3 is 2.93 bits per heavy atom. The highest BCUT2D eigenvalue weighted by atomic mass is 35.5. The molecule has 0 saturated carbocycles. The van der Waals surface area contributed by atoms with E-state index in [0.29, 0.717) is 28.1 Å². The van der Waals surface area contributed by atoms with Crippen molar-refractivity contribution < 1.29 is 5.11 Å². The lowest BCUT2D eigenvalue weighted by Crippen LogP contribution is -2.40. The second-order valence-electron chi connectivity index (χ2n) is 7.16. The van der Waals surface area contributed by atoms with Crippen molar-refractivity contribution in [3.8, 4) is 17.0 Å². The van der Waals surface area contributed by atoms with Gasteiger partial charge in [0, 0.05) is 34.8 Å². The van der Waals surface area contributed by atoms with E-state index >= 15 is 0 Å². The van der Waals surface area contributed by atoms with E-state index in [1.54, 1.807) is 6.20 Å². The Kier molecular flexibility index (Phi) is 4.85. The standard InChI is InChI=1S/C20H22ClN5O/c1-12-9-13(21)10-16(27)17(12)18-15-6-3-7-22-19(15)20(25-24-18)23-14-5-4-8-26(2)11-14/h3,6-7,9-10,14,27H,4-5,8,11H2,1-2H3,(H,23,25)/t14-/m1/s1. The molecule has 1 saturated heterocycles. The van der Waals surface area contributed by atoms with Crippen molar-refractivity contribution in [3.05, 3.63) is 41.0 Å². The van der Waals surface area contributed by atoms with Crippen molar-refractivity contribution in [2.24, 2.45) is 0 Å². The Labute approximate surface area is 163 Å². The molecular weight excluding hydrogens is 362 g/mol. The molecule has 6 nitrogen and oxygen atoms in total. The van der Waals surface area contributed by atoms with E-state index in [9.17, 15) is 5.11 Å². The minimum absolute atomic E-state index is 0.0917. The first-order valence-corrected chi connectivity index (χ1v) is 9.46. The molecule has 140 valence electrons. The third kappa shape index (κ3) is 3.55. The lowest BCUT2D eigenvalue weighted by Gasteiger charge is -2.30. The SMILES string of the molecule is Cc1cc(Cl)cc(O)c1-c1nnc(N[C@@H]2CCCN(C)C2)c2ncccc12. The zero-order chi connectivity index (χ0) is 19.0. The first-order valence-electron chi connectivity index (χ1n) is 9.09. The number of phenols is 1. The highest BCUT2D eigenvalue weighted by molar-refractivity contribution is 6.31. The van der Waals surface area contributed by atoms with Gasteiger partial charge in [-0.15, -0.1) is 10.2 Å². The van der Waals surface area contributed by atoms with Crippen LogP contribution in [0.2, 0.25) is 5.02 Å². The largest absolute Gasteiger partial charge is 0.507 e. The topological polar surface area (TPSA) is 74.2 Å². The quantitative estimate of drug-likeness (QED) is 0.715. The number of fused-ring (bicyclic) bond motifs is 1. The maximum atomic E-state index is 10.5. The average molecular weight is 384 g/mol. The van der Waals surface area contributed by atoms with Crippen molar-refractivity contribution in [1.29, 1.82) is 0 Å². The molecule has 0 aliphatic carbocycles. The fourth-order valence-corrected chi connectivity index (χ4v) is 4.05. The number of aryl methyl sites for hydroxylation is 1. The second kappa shape index (κ2) is 7.29. The number of nitrogens with zero attached hydrogens (tertiary/aromatic N) is 4. The number of rotatable bonds is 3. The number of aromatic hydroxyl groups is 1. The Morgan fingerprint density at radius 2 is 2.15 bits per heavy atom. The first kappa shape index (κ1) is 17.9. The zero-order valence-corrected chi connectivity index (χ0v) is 16.2. The maximum Gasteiger partial charge on any atom is 0.175 e. The molecule has 2 N–H and O–H groups in total. The number of halogens is 1. The highest BCUT2D eigenvalue weighted by Gasteiger charge is 2.21. The zero-order valence-electron chi connectivity index (χ0n) is 15.4. The van der Waals surface area contributed by atoms with Gasteiger partial charge in [-0.25, -0.2) is 0 Å². The maximum absolute atomic E-state index is 10.5. The van der Waals surface area contributed by atoms with Gasteiger partial charge in [-0.3, -0.25) is 4.98 Å². The number of nitrogens with one attached hydrogen (secondary N) is 1. The minimum atomic E-state index is 0.0917. The molecule has 7 heteroatoms. The summed E-state index contributed by atoms with van der Waals surface area (Å²) in [6, 6.07) is 7.48. The molecule has 0 unspecified atom stereocenters. The van der Waals surface area contributed by atoms with Gasteiger partial charge in [0.1, 0.15) is 17.0 Å². The summed E-state index contributed by atoms with van der Waals surface area (Å²) in [4.78, 5) is 6.86. The smallest absolute Gasteiger partial charge is 0.175 e. The van der Waals surface area contributed by atoms with Crippen molar-refractivity contribution in [3.63, 3.8) is 0 Å². The Morgan fingerprint density at radius 1 is 1.30 bits per heavy atom. The Balaban J connectivity index is 1.79. The molecule has 4 rings (SSSR count). The van der Waals surface area contributed by atoms with Gasteiger partial charge >= 0.3 is 0 Å². The summed E-state index contributed by atoms with van der Waals surface area (Å²) in [5.74, 6) is 0.773. The Bertz CT molecular complexity index is 970. The van der Waals surface area contributed by atoms with Gasteiger partial charge in [0.25, 0.3) is 0 Å². The molecule has 3 heterocycles. The lowest BCUT2D eigenvalue weighted by atomic mass is 10.0. The van der Waals surface area contributed by atoms with Crippen LogP contribution in [-0.4, -0.2) is 51.4 Å². The Hall–Kier alpha value is -2.44. The number of aromatic nitrogens is 3. The van der Waals surface area contributed by atoms with Crippen LogP contribution in [0.3, 0.4) is 0 Å². The van der Waals surface area contributed by atoms with Crippen molar-refractivity contribution in [2.45, 2.75) is 25.8 Å². The van der Waals surface area contributed by atoms with E-state index < -0.39 is 0 Å². The fourth-order valence-electron chi connectivity index (χ4n) is 3.78. The van der Waals surface area contributed by atoms with Crippen molar-refractivity contribution >= 4 is 28.3 Å². The number of hydrogen-bond acceptors (Lipinski definition) is 6. The molecule has 1 atom stereocenters. The number of likely N-dealkylation sites (tertiary alicyclic amines) is 1. The van der Waals surface area contributed by atoms with Gasteiger partial charge < -0.3 is 15.3 Å². The molecule has 0 radical (unpaired) electrons. The molecule has 0 bridgehead atoms. The summed E-state index contributed by atoms with van der Waals surface area (Å²) in [7, 11) is 2.13. The van der Waals surface area contributed by atoms with E-state index in [-0.39, 0.29) is 5.75 Å². The number of phenolic OH excluding ortho intramolecular Hbond substituents is 1. The lowest BCUT2D eigenvalue weighted by molar-refractivity contribution is 0.261. The number of likely N-dealkylation sites (N-methyl/N-ethyl adjacent to an activating group) is 1. The monoisotopic (exact) mass is 383 g/mol. The van der Waals surface area contributed by atoms with Crippen LogP contribution in [-0.2, 0) is 0 Å². The van der Waals surface area contributed by atoms with E-state index in [2.05, 4.69) is 32.4 Å². The van der Waals surface area contributed by atoms with Crippen LogP contribution in [0.25, 0.3) is 22.2 Å². The van der Waals surface area contributed by atoms with Crippen LogP contribution >= 0.6 is 11.6 Å². The van der Waals surface area contributed by atoms with Gasteiger partial charge in [-0.1, -0.05) is 11.6 Å². The predicted octanol–water partition coefficient (Wildman–Crippen LogP) is 3.87. The molecule has 27 heavy (non-hydrogen) atoms. The van der Waals surface area contributed by atoms with Gasteiger partial charge in [0.05, 0.1) is 0 Å². The molecule has 2 aromatic heterocycles. The van der Waals surface area contributed by atoms with E-state index in [1.165, 1.54) is 6.07 Å². The summed E-state index contributed by atoms with van der Waals surface area (Å²) in [6.45, 7) is 3.99. The normalized spacial score (nSPS) is 18.0. The van der Waals surface area contributed by atoms with Gasteiger partial charge in [0.15, 0.2) is 5.82 Å². The van der Waals surface area contributed by atoms with E-state index in [1.807, 2.05) is 25.1 Å². The molecule has 1 fully saturated rings. The summed E-state index contributed by atoms with van der Waals surface area (Å²) < 4.78 is 0. The molecule has 3 aromatic rings. The molecule has 1 aliphatic rings. The first-order chi connectivity index (χ1) is 13.0. The molecule has 1 aromatic carbocycles. The summed E-state index contributed by atoms with van der Waals surface area (Å²) >= 11 is 6.05. The van der Waals surface area contributed by atoms with E-state index in [0.717, 1.165) is 42.4 Å².